The van der Waals surface area contributed by atoms with Gasteiger partial charge in [0.1, 0.15) is 55.6 Å². The van der Waals surface area contributed by atoms with Crippen molar-refractivity contribution in [1.82, 2.24) is 58.2 Å². The second kappa shape index (κ2) is 49.4. The number of nitrogens with two attached hydrogens (primary N) is 3. The van der Waals surface area contributed by atoms with Gasteiger partial charge in [0.05, 0.1) is 56.5 Å². The Kier molecular flexibility index (Phi) is 40.9. The van der Waals surface area contributed by atoms with E-state index in [0.29, 0.717) is 29.3 Å². The summed E-state index contributed by atoms with van der Waals surface area (Å²) in [4.78, 5) is 276. The first-order valence-electron chi connectivity index (χ1n) is 37.5. The van der Waals surface area contributed by atoms with Crippen LogP contribution in [0.3, 0.4) is 0 Å². The molecule has 4 rings (SSSR count). The Morgan fingerprint density at radius 2 is 1.25 bits per heavy atom. The number of rotatable bonds is 38. The maximum atomic E-state index is 14.9. The van der Waals surface area contributed by atoms with E-state index in [1.165, 1.54) is 31.2 Å². The lowest BCUT2D eigenvalue weighted by molar-refractivity contribution is -0.156. The maximum absolute atomic E-state index is 14.9. The zero-order chi connectivity index (χ0) is 85.4. The van der Waals surface area contributed by atoms with Crippen LogP contribution in [-0.4, -0.2) is 233 Å². The molecule has 2 heterocycles. The van der Waals surface area contributed by atoms with Crippen molar-refractivity contribution < 1.29 is 125 Å². The van der Waals surface area contributed by atoms with Crippen LogP contribution >= 0.6 is 0 Å². The first kappa shape index (κ1) is 95.3. The van der Waals surface area contributed by atoms with E-state index >= 15 is 0 Å². The monoisotopic (exact) mass is 1620 g/mol. The average Bonchev–Trinajstić information content (AvgIpc) is 1.28. The number of carbonyl (C=O) groups excluding carboxylic acids is 18. The number of benzene rings is 2. The predicted octanol–water partition coefficient (Wildman–Crippen LogP) is -2.95. The quantitative estimate of drug-likeness (QED) is 0.00681. The maximum Gasteiger partial charge on any atom is 0.329 e. The molecule has 1 saturated heterocycles. The number of esters is 1. The molecule has 0 aliphatic carbocycles. The number of H-pyrrole nitrogens is 1. The van der Waals surface area contributed by atoms with Crippen LogP contribution < -0.4 is 70.4 Å². The Morgan fingerprint density at radius 3 is 1.89 bits per heavy atom. The molecule has 0 bridgehead atoms. The van der Waals surface area contributed by atoms with E-state index in [1.54, 1.807) is 30.5 Å². The number of aliphatic hydroxyl groups excluding tert-OH is 1. The molecule has 1 fully saturated rings. The molecule has 11 amide bonds. The predicted molar refractivity (Wildman–Crippen MR) is 403 cm³/mol. The molecule has 1 aliphatic rings. The van der Waals surface area contributed by atoms with E-state index in [2.05, 4.69) is 69.8 Å². The number of nitrogen functional groups attached to an aromatic ring is 1. The lowest BCUT2D eigenvalue weighted by Gasteiger charge is -2.29. The molecule has 1 aliphatic heterocycles. The molecule has 40 heteroatoms. The third kappa shape index (κ3) is 32.9. The molecule has 3 aromatic rings. The third-order valence-electron chi connectivity index (χ3n) is 18.7. The Balaban J connectivity index is 1.87. The largest absolute Gasteiger partial charge is 0.481 e. The van der Waals surface area contributed by atoms with Gasteiger partial charge in [0.25, 0.3) is 12.9 Å². The van der Waals surface area contributed by atoms with Gasteiger partial charge in [-0.25, -0.2) is 4.79 Å². The standard InChI is InChI=1S/C75H104N14O26/c1-5-6-7-8-9-10-11-22-62(98)84-53(25-44-32-79-50-20-15-13-17-46(44)50)73(110)86-52(31-61(78)97)59(95)26-43(28-66(103)104)69(106)89-67-42(4)115-75(112)54(30-57(93)47-18-12-14-19-49(47)77)87-71(108)48(40(2)24-65(101)102)29-60(96)55(35-90)85-64(100)33-80-72(109)56(37-114-39-92)88-68(105)41(3)82-70(107)45(36-113-38-91)27-58(94)51(21-16-23-76)83-63(99)34-81-74(67)111/h12-15,17-20,32,38-43,45,48,51-56,67,79,90H,5-11,16,21-31,33-37,76-77H2,1-4H3,(H2,78,97)(H,80,109)(H,81,111)(H,82,107)(H,83,99)(H,84,98)(H,85,100)(H,86,110)(H,87,108)(H,88,105)(H,89,106)(H,101,102)(H,103,104)/t40-,41-,42-,43+,45+,48+,51+,52-,53+,54+,55-,56+,67+/m1/s1. The van der Waals surface area contributed by atoms with Gasteiger partial charge >= 0.3 is 17.9 Å². The number of aliphatic hydroxyl groups is 1. The van der Waals surface area contributed by atoms with Crippen LogP contribution in [-0.2, 0) is 112 Å². The minimum atomic E-state index is -2.36. The van der Waals surface area contributed by atoms with Crippen LogP contribution in [0.5, 0.6) is 0 Å². The van der Waals surface area contributed by atoms with Gasteiger partial charge in [-0.05, 0) is 69.3 Å². The van der Waals surface area contributed by atoms with Gasteiger partial charge < -0.3 is 105 Å². The summed E-state index contributed by atoms with van der Waals surface area (Å²) in [6.07, 6.45) is -2.18. The number of Topliss-reactive ketones (excluding diaryl/α,β-unsaturated/α-hetero) is 4. The molecule has 1 aromatic heterocycles. The van der Waals surface area contributed by atoms with Crippen molar-refractivity contribution in [2.45, 2.75) is 198 Å². The van der Waals surface area contributed by atoms with E-state index in [9.17, 15) is 111 Å². The Hall–Kier alpha value is -12.1. The number of para-hydroxylation sites is 2. The van der Waals surface area contributed by atoms with E-state index in [1.807, 2.05) is 0 Å². The number of amides is 11. The number of carbonyl (C=O) groups is 20. The van der Waals surface area contributed by atoms with Gasteiger partial charge in [-0.2, -0.15) is 0 Å². The third-order valence-corrected chi connectivity index (χ3v) is 18.7. The number of ketones is 4. The fourth-order valence-corrected chi connectivity index (χ4v) is 12.4. The van der Waals surface area contributed by atoms with Crippen molar-refractivity contribution in [2.24, 2.45) is 35.1 Å². The lowest BCUT2D eigenvalue weighted by atomic mass is 9.84. The van der Waals surface area contributed by atoms with Gasteiger partial charge in [-0.1, -0.05) is 82.7 Å². The highest BCUT2D eigenvalue weighted by Crippen LogP contribution is 2.25. The molecule has 115 heavy (non-hydrogen) atoms. The number of anilines is 1. The van der Waals surface area contributed by atoms with E-state index < -0.39 is 262 Å². The average molecular weight is 1620 g/mol. The van der Waals surface area contributed by atoms with Gasteiger partial charge in [0.15, 0.2) is 23.1 Å². The molecular weight excluding hydrogens is 1510 g/mol. The number of hydrogen-bond acceptors (Lipinski definition) is 26. The lowest BCUT2D eigenvalue weighted by Crippen LogP contribution is -2.57. The second-order valence-electron chi connectivity index (χ2n) is 27.8. The first-order chi connectivity index (χ1) is 54.6. The summed E-state index contributed by atoms with van der Waals surface area (Å²) in [5, 5.41) is 54.2. The van der Waals surface area contributed by atoms with Crippen LogP contribution in [0.15, 0.2) is 54.7 Å². The zero-order valence-electron chi connectivity index (χ0n) is 64.3. The summed E-state index contributed by atoms with van der Waals surface area (Å²) in [6.45, 7) is -0.136. The van der Waals surface area contributed by atoms with Gasteiger partial charge in [0, 0.05) is 79.2 Å². The van der Waals surface area contributed by atoms with E-state index in [4.69, 9.17) is 26.7 Å². The highest BCUT2D eigenvalue weighted by Gasteiger charge is 2.41. The molecule has 630 valence electrons. The highest BCUT2D eigenvalue weighted by molar-refractivity contribution is 6.05. The van der Waals surface area contributed by atoms with Crippen LogP contribution in [0.4, 0.5) is 5.69 Å². The number of aliphatic carboxylic acids is 2. The van der Waals surface area contributed by atoms with Crippen LogP contribution in [0, 0.1) is 23.7 Å². The molecule has 0 unspecified atom stereocenters. The van der Waals surface area contributed by atoms with E-state index in [-0.39, 0.29) is 56.4 Å². The number of fused-ring (bicyclic) bond motifs is 1. The minimum absolute atomic E-state index is 0.000865. The fourth-order valence-electron chi connectivity index (χ4n) is 12.4. The van der Waals surface area contributed by atoms with Crippen LogP contribution in [0.25, 0.3) is 10.9 Å². The molecule has 2 aromatic carbocycles. The topological polar surface area (TPSA) is 644 Å². The Labute approximate surface area is 660 Å². The molecule has 20 N–H and O–H groups in total. The summed E-state index contributed by atoms with van der Waals surface area (Å²) in [7, 11) is 0. The summed E-state index contributed by atoms with van der Waals surface area (Å²) in [5.74, 6) is -29.3. The van der Waals surface area contributed by atoms with Crippen LogP contribution in [0.1, 0.15) is 153 Å². The van der Waals surface area contributed by atoms with Gasteiger partial charge in [-0.3, -0.25) is 91.1 Å². The normalized spacial score (nSPS) is 21.3. The van der Waals surface area contributed by atoms with Crippen molar-refractivity contribution in [2.75, 3.05) is 45.2 Å². The van der Waals surface area contributed by atoms with Gasteiger partial charge in [-0.15, -0.1) is 0 Å². The molecule has 0 radical (unpaired) electrons. The number of nitrogens with one attached hydrogen (secondary N) is 11. The Morgan fingerprint density at radius 1 is 0.643 bits per heavy atom. The van der Waals surface area contributed by atoms with E-state index in [0.717, 1.165) is 46.0 Å². The van der Waals surface area contributed by atoms with Gasteiger partial charge in [0.2, 0.25) is 65.0 Å². The highest BCUT2D eigenvalue weighted by atomic mass is 16.5. The van der Waals surface area contributed by atoms with Crippen molar-refractivity contribution in [3.8, 4) is 0 Å². The Bertz CT molecular complexity index is 3960. The number of aromatic amines is 1. The second-order valence-corrected chi connectivity index (χ2v) is 27.8. The first-order valence-corrected chi connectivity index (χ1v) is 37.5. The number of unbranched alkanes of at least 4 members (excludes halogenated alkanes) is 6. The summed E-state index contributed by atoms with van der Waals surface area (Å²) < 4.78 is 15.2. The summed E-state index contributed by atoms with van der Waals surface area (Å²) >= 11 is 0. The SMILES string of the molecule is CCCCCCCCCC(=O)N[C@@H](Cc1c[nH]c2ccccc12)C(=O)N[C@H](CC(N)=O)C(=O)C[C@@H](CC(=O)O)C(=O)N[C@@H]1C(=O)NCC(=O)N[C@@H](CCCN)C(=O)C[C@@H](COC=O)C(=O)N[C@H](C)C(=O)N[C@@H](COC=O)C(=O)NCC(=O)N[C@H](CO)C(=O)C[C@@H]([C@H](C)CC(=O)O)C(=O)N[C@@H](CC(=O)c2ccccc2N)C(=O)O[C@@H]1C. The van der Waals surface area contributed by atoms with Crippen molar-refractivity contribution in [3.63, 3.8) is 0 Å². The molecule has 0 saturated carbocycles. The number of primary amides is 1. The summed E-state index contributed by atoms with van der Waals surface area (Å²) in [6, 6.07) is -2.64. The molecule has 40 nitrogen and oxygen atoms in total. The number of ether oxygens (including phenoxy) is 3. The van der Waals surface area contributed by atoms with Crippen LogP contribution in [0.2, 0.25) is 0 Å². The number of carboxylic acids is 2. The smallest absolute Gasteiger partial charge is 0.329 e. The minimum Gasteiger partial charge on any atom is -0.481 e. The van der Waals surface area contributed by atoms with Crippen molar-refractivity contribution in [1.29, 1.82) is 0 Å². The number of aromatic nitrogens is 1. The summed E-state index contributed by atoms with van der Waals surface area (Å²) in [5.41, 5.74) is 18.3. The molecular formula is C75H104N14O26. The number of cyclic esters (lactones) is 1. The number of hydrogen-bond donors (Lipinski definition) is 17. The fraction of sp³-hybridized carbons (Fsp3) is 0.547. The van der Waals surface area contributed by atoms with Crippen molar-refractivity contribution >= 4 is 136 Å². The molecule has 13 atom stereocenters. The molecule has 0 spiro atoms. The zero-order valence-corrected chi connectivity index (χ0v) is 64.3. The number of carboxylic acid groups (broad SMARTS) is 2. The van der Waals surface area contributed by atoms with Crippen molar-refractivity contribution in [3.05, 3.63) is 65.9 Å².